The molecule has 190 valence electrons. The molecule has 2 aromatic carbocycles. The number of carbonyl (C=O) groups excluding carboxylic acids is 2. The lowest BCUT2D eigenvalue weighted by Gasteiger charge is -2.34. The van der Waals surface area contributed by atoms with Crippen LogP contribution in [-0.2, 0) is 25.9 Å². The van der Waals surface area contributed by atoms with E-state index in [0.29, 0.717) is 18.0 Å². The average molecular weight is 508 g/mol. The number of carbonyl (C=O) groups is 2. The second-order valence-corrected chi connectivity index (χ2v) is 10.1. The molecule has 0 unspecified atom stereocenters. The van der Waals surface area contributed by atoms with Crippen LogP contribution in [0, 0.1) is 0 Å². The summed E-state index contributed by atoms with van der Waals surface area (Å²) in [6, 6.07) is 12.6. The van der Waals surface area contributed by atoms with E-state index in [0.717, 1.165) is 5.56 Å². The standard InChI is InChI=1S/C23H29N3O8S/c1-32-19-4-2-3-17(15-19)16-25-22(28)24-11-14-34-18-5-7-20(8-6-18)35(30,31)23(21(27)26-29)9-12-33-13-10-23/h2-8,15,29H,9-14,16H2,1H3,(H,26,27)(H2,24,25,28). The first kappa shape index (κ1) is 26.3. The Kier molecular flexibility index (Phi) is 8.90. The van der Waals surface area contributed by atoms with E-state index < -0.39 is 20.5 Å². The Hall–Kier alpha value is -3.35. The molecule has 2 aromatic rings. The fraction of sp³-hybridized carbons (Fsp3) is 0.391. The number of urea groups is 1. The topological polar surface area (TPSA) is 152 Å². The number of hydroxylamine groups is 1. The van der Waals surface area contributed by atoms with Crippen molar-refractivity contribution in [1.82, 2.24) is 16.1 Å². The maximum Gasteiger partial charge on any atom is 0.315 e. The summed E-state index contributed by atoms with van der Waals surface area (Å²) < 4.78 is 40.6. The van der Waals surface area contributed by atoms with E-state index in [1.807, 2.05) is 24.3 Å². The van der Waals surface area contributed by atoms with Gasteiger partial charge in [0.25, 0.3) is 5.91 Å². The van der Waals surface area contributed by atoms with Gasteiger partial charge in [0.15, 0.2) is 14.6 Å². The highest BCUT2D eigenvalue weighted by atomic mass is 32.2. The molecule has 0 spiro atoms. The van der Waals surface area contributed by atoms with Crippen molar-refractivity contribution in [1.29, 1.82) is 0 Å². The highest BCUT2D eigenvalue weighted by Gasteiger charge is 2.52. The number of amides is 3. The van der Waals surface area contributed by atoms with Crippen LogP contribution in [0.25, 0.3) is 0 Å². The van der Waals surface area contributed by atoms with Crippen LogP contribution in [0.1, 0.15) is 18.4 Å². The first-order valence-corrected chi connectivity index (χ1v) is 12.4. The number of rotatable bonds is 10. The van der Waals surface area contributed by atoms with Crippen molar-refractivity contribution in [3.63, 3.8) is 0 Å². The van der Waals surface area contributed by atoms with Crippen molar-refractivity contribution in [3.8, 4) is 11.5 Å². The molecular weight excluding hydrogens is 478 g/mol. The van der Waals surface area contributed by atoms with Gasteiger partial charge in [-0.05, 0) is 54.8 Å². The van der Waals surface area contributed by atoms with Gasteiger partial charge in [-0.15, -0.1) is 0 Å². The summed E-state index contributed by atoms with van der Waals surface area (Å²) in [6.45, 7) is 0.903. The predicted molar refractivity (Wildman–Crippen MR) is 125 cm³/mol. The lowest BCUT2D eigenvalue weighted by atomic mass is 9.98. The Bertz CT molecular complexity index is 1120. The predicted octanol–water partition coefficient (Wildman–Crippen LogP) is 1.40. The molecular formula is C23H29N3O8S. The summed E-state index contributed by atoms with van der Waals surface area (Å²) in [4.78, 5) is 24.2. The van der Waals surface area contributed by atoms with E-state index in [4.69, 9.17) is 19.4 Å². The number of methoxy groups -OCH3 is 1. The summed E-state index contributed by atoms with van der Waals surface area (Å²) in [6.07, 6.45) is -0.128. The molecule has 3 amide bonds. The molecule has 0 aromatic heterocycles. The second kappa shape index (κ2) is 11.9. The van der Waals surface area contributed by atoms with Crippen LogP contribution >= 0.6 is 0 Å². The van der Waals surface area contributed by atoms with Crippen molar-refractivity contribution in [3.05, 3.63) is 54.1 Å². The molecule has 0 atom stereocenters. The molecule has 0 bridgehead atoms. The molecule has 1 aliphatic heterocycles. The highest BCUT2D eigenvalue weighted by molar-refractivity contribution is 7.93. The largest absolute Gasteiger partial charge is 0.497 e. The van der Waals surface area contributed by atoms with Gasteiger partial charge in [-0.25, -0.2) is 18.7 Å². The normalized spacial score (nSPS) is 15.0. The van der Waals surface area contributed by atoms with Crippen molar-refractivity contribution in [2.45, 2.75) is 29.0 Å². The summed E-state index contributed by atoms with van der Waals surface area (Å²) >= 11 is 0. The zero-order valence-electron chi connectivity index (χ0n) is 19.3. The Morgan fingerprint density at radius 3 is 2.43 bits per heavy atom. The Morgan fingerprint density at radius 1 is 1.06 bits per heavy atom. The van der Waals surface area contributed by atoms with Gasteiger partial charge < -0.3 is 24.8 Å². The van der Waals surface area contributed by atoms with Crippen molar-refractivity contribution in [2.24, 2.45) is 0 Å². The lowest BCUT2D eigenvalue weighted by Crippen LogP contribution is -2.54. The SMILES string of the molecule is COc1cccc(CNC(=O)NCCOc2ccc(S(=O)(=O)C3(C(=O)NO)CCOCC3)cc2)c1. The fourth-order valence-electron chi connectivity index (χ4n) is 3.72. The zero-order valence-corrected chi connectivity index (χ0v) is 20.1. The van der Waals surface area contributed by atoms with E-state index >= 15 is 0 Å². The molecule has 12 heteroatoms. The molecule has 11 nitrogen and oxygen atoms in total. The number of ether oxygens (including phenoxy) is 3. The van der Waals surface area contributed by atoms with Gasteiger partial charge in [-0.1, -0.05) is 12.1 Å². The van der Waals surface area contributed by atoms with Crippen LogP contribution in [0.2, 0.25) is 0 Å². The number of benzene rings is 2. The number of hydrogen-bond donors (Lipinski definition) is 4. The van der Waals surface area contributed by atoms with Crippen LogP contribution in [0.5, 0.6) is 11.5 Å². The summed E-state index contributed by atoms with van der Waals surface area (Å²) in [5.41, 5.74) is 2.38. The van der Waals surface area contributed by atoms with Crippen LogP contribution < -0.4 is 25.6 Å². The fourth-order valence-corrected chi connectivity index (χ4v) is 5.66. The molecule has 3 rings (SSSR count). The molecule has 0 radical (unpaired) electrons. The maximum absolute atomic E-state index is 13.2. The van der Waals surface area contributed by atoms with E-state index in [1.165, 1.54) is 29.7 Å². The minimum Gasteiger partial charge on any atom is -0.497 e. The third-order valence-corrected chi connectivity index (χ3v) is 8.22. The molecule has 35 heavy (non-hydrogen) atoms. The van der Waals surface area contributed by atoms with Gasteiger partial charge in [0.2, 0.25) is 0 Å². The van der Waals surface area contributed by atoms with E-state index in [-0.39, 0.29) is 50.1 Å². The van der Waals surface area contributed by atoms with Crippen LogP contribution in [0.15, 0.2) is 53.4 Å². The van der Waals surface area contributed by atoms with Gasteiger partial charge in [-0.2, -0.15) is 0 Å². The number of nitrogens with one attached hydrogen (secondary N) is 3. The molecule has 1 saturated heterocycles. The lowest BCUT2D eigenvalue weighted by molar-refractivity contribution is -0.134. The van der Waals surface area contributed by atoms with Gasteiger partial charge in [0, 0.05) is 19.8 Å². The minimum atomic E-state index is -4.10. The first-order valence-electron chi connectivity index (χ1n) is 11.0. The monoisotopic (exact) mass is 507 g/mol. The van der Waals surface area contributed by atoms with Gasteiger partial charge in [0.1, 0.15) is 18.1 Å². The summed E-state index contributed by atoms with van der Waals surface area (Å²) in [5, 5.41) is 14.5. The molecule has 0 saturated carbocycles. The molecule has 1 heterocycles. The highest BCUT2D eigenvalue weighted by Crippen LogP contribution is 2.35. The maximum atomic E-state index is 13.2. The molecule has 1 fully saturated rings. The smallest absolute Gasteiger partial charge is 0.315 e. The third kappa shape index (κ3) is 6.21. The number of hydrogen-bond acceptors (Lipinski definition) is 8. The Morgan fingerprint density at radius 2 is 1.77 bits per heavy atom. The first-order chi connectivity index (χ1) is 16.8. The Balaban J connectivity index is 1.49. The van der Waals surface area contributed by atoms with Gasteiger partial charge in [-0.3, -0.25) is 10.0 Å². The Labute approximate surface area is 203 Å². The number of sulfone groups is 1. The third-order valence-electron chi connectivity index (χ3n) is 5.71. The van der Waals surface area contributed by atoms with E-state index in [9.17, 15) is 18.0 Å². The van der Waals surface area contributed by atoms with Crippen LogP contribution in [-0.4, -0.2) is 63.8 Å². The molecule has 1 aliphatic rings. The van der Waals surface area contributed by atoms with Crippen molar-refractivity contribution >= 4 is 21.8 Å². The van der Waals surface area contributed by atoms with Gasteiger partial charge in [0.05, 0.1) is 18.6 Å². The average Bonchev–Trinajstić information content (AvgIpc) is 2.90. The van der Waals surface area contributed by atoms with Crippen LogP contribution in [0.3, 0.4) is 0 Å². The van der Waals surface area contributed by atoms with Crippen molar-refractivity contribution < 1.29 is 37.4 Å². The quantitative estimate of drug-likeness (QED) is 0.214. The molecule has 4 N–H and O–H groups in total. The van der Waals surface area contributed by atoms with Crippen LogP contribution in [0.4, 0.5) is 4.79 Å². The van der Waals surface area contributed by atoms with E-state index in [2.05, 4.69) is 10.6 Å². The summed E-state index contributed by atoms with van der Waals surface area (Å²) in [7, 11) is -2.53. The minimum absolute atomic E-state index is 0.0640. The van der Waals surface area contributed by atoms with E-state index in [1.54, 1.807) is 7.11 Å². The second-order valence-electron chi connectivity index (χ2n) is 7.83. The summed E-state index contributed by atoms with van der Waals surface area (Å²) in [5.74, 6) is 0.128. The van der Waals surface area contributed by atoms with Gasteiger partial charge >= 0.3 is 6.03 Å². The van der Waals surface area contributed by atoms with Crippen molar-refractivity contribution in [2.75, 3.05) is 33.5 Å². The zero-order chi connectivity index (χ0) is 25.3. The molecule has 0 aliphatic carbocycles.